The number of rotatable bonds is 18. The van der Waals surface area contributed by atoms with Crippen LogP contribution < -0.4 is 9.74 Å². The highest BCUT2D eigenvalue weighted by Gasteiger charge is 2.38. The summed E-state index contributed by atoms with van der Waals surface area (Å²) in [6, 6.07) is 23.1. The van der Waals surface area contributed by atoms with E-state index in [1.165, 1.54) is 23.9 Å². The number of nitrogens with zero attached hydrogens (tertiary/aromatic N) is 2. The van der Waals surface area contributed by atoms with Crippen LogP contribution in [-0.4, -0.2) is 93.9 Å². The fourth-order valence-electron chi connectivity index (χ4n) is 6.14. The Kier molecular flexibility index (Phi) is 16.4. The fraction of sp³-hybridized carbons (Fsp3) is 0.477. The molecule has 0 saturated heterocycles. The number of ketones is 1. The number of Topliss-reactive ketones (excluding diaryl/α,β-unsaturated/α-hetero) is 1. The van der Waals surface area contributed by atoms with Crippen molar-refractivity contribution >= 4 is 46.3 Å². The van der Waals surface area contributed by atoms with Crippen LogP contribution in [0.4, 0.5) is 4.79 Å². The van der Waals surface area contributed by atoms with Crippen molar-refractivity contribution in [1.29, 1.82) is 0 Å². The van der Waals surface area contributed by atoms with Crippen molar-refractivity contribution in [3.63, 3.8) is 0 Å². The monoisotopic (exact) mass is 817 g/mol. The molecule has 3 amide bonds. The number of nitrogens with one attached hydrogen (secondary N) is 1. The Morgan fingerprint density at radius 3 is 1.67 bits per heavy atom. The smallest absolute Gasteiger partial charge is 0.408 e. The molecule has 13 heteroatoms. The summed E-state index contributed by atoms with van der Waals surface area (Å²) in [7, 11) is -1.05. The second-order valence-corrected chi connectivity index (χ2v) is 26.5. The summed E-state index contributed by atoms with van der Waals surface area (Å²) in [5, 5.41) is 2.73. The third kappa shape index (κ3) is 16.0. The summed E-state index contributed by atoms with van der Waals surface area (Å²) < 4.78 is 17.5. The molecule has 0 aromatic heterocycles. The molecule has 3 rings (SSSR count). The number of amides is 3. The summed E-state index contributed by atoms with van der Waals surface area (Å²) >= 11 is 0. The van der Waals surface area contributed by atoms with E-state index in [-0.39, 0.29) is 31.5 Å². The van der Waals surface area contributed by atoms with Gasteiger partial charge < -0.3 is 28.7 Å². The number of hydrogen-bond donors (Lipinski definition) is 1. The molecule has 310 valence electrons. The van der Waals surface area contributed by atoms with Gasteiger partial charge in [-0.25, -0.2) is 4.79 Å². The van der Waals surface area contributed by atoms with Crippen LogP contribution >= 0.6 is 0 Å². The van der Waals surface area contributed by atoms with E-state index in [4.69, 9.17) is 13.6 Å². The zero-order valence-electron chi connectivity index (χ0n) is 35.9. The number of hydrogen-bond acceptors (Lipinski definition) is 8. The average molecular weight is 818 g/mol. The maximum atomic E-state index is 14.5. The lowest BCUT2D eigenvalue weighted by atomic mass is 9.92. The second kappa shape index (κ2) is 20.1. The maximum absolute atomic E-state index is 14.5. The predicted molar refractivity (Wildman–Crippen MR) is 229 cm³/mol. The van der Waals surface area contributed by atoms with E-state index >= 15 is 0 Å². The Labute approximate surface area is 341 Å². The molecule has 0 aliphatic heterocycles. The van der Waals surface area contributed by atoms with E-state index in [2.05, 4.69) is 25.0 Å². The SMILES string of the molecule is C[C@@H](C(=O)C[C@@H](Cc1ccc(O[Si](C)(C)C)cc1)C(=O)O[Si](C)(C)C)N(C)C(=O)[C@H](Cc1ccccc1)N(C)C(=O)[C@H](Cc1ccccc1)NC(=O)OC(C)(C)C. The molecule has 57 heavy (non-hydrogen) atoms. The van der Waals surface area contributed by atoms with Gasteiger partial charge in [0.2, 0.25) is 28.4 Å². The molecule has 0 aliphatic carbocycles. The molecule has 0 aliphatic rings. The zero-order chi connectivity index (χ0) is 42.7. The summed E-state index contributed by atoms with van der Waals surface area (Å²) in [5.41, 5.74) is 1.66. The van der Waals surface area contributed by atoms with Crippen LogP contribution in [0.2, 0.25) is 39.3 Å². The van der Waals surface area contributed by atoms with E-state index in [0.717, 1.165) is 22.4 Å². The molecule has 0 radical (unpaired) electrons. The third-order valence-electron chi connectivity index (χ3n) is 9.06. The van der Waals surface area contributed by atoms with Crippen LogP contribution in [0, 0.1) is 5.92 Å². The van der Waals surface area contributed by atoms with Gasteiger partial charge in [0.05, 0.1) is 12.0 Å². The van der Waals surface area contributed by atoms with Crippen LogP contribution in [-0.2, 0) is 47.6 Å². The number of likely N-dealkylation sites (N-methyl/N-ethyl adjacent to an activating group) is 2. The largest absolute Gasteiger partial charge is 0.544 e. The van der Waals surface area contributed by atoms with Crippen molar-refractivity contribution < 1.29 is 37.6 Å². The van der Waals surface area contributed by atoms with Gasteiger partial charge >= 0.3 is 6.09 Å². The highest BCUT2D eigenvalue weighted by Crippen LogP contribution is 2.24. The summed E-state index contributed by atoms with van der Waals surface area (Å²) in [5.74, 6) is -1.75. The fourth-order valence-corrected chi connectivity index (χ4v) is 7.75. The molecular formula is C44H63N3O8Si2. The van der Waals surface area contributed by atoms with Crippen LogP contribution in [0.3, 0.4) is 0 Å². The Morgan fingerprint density at radius 2 is 1.18 bits per heavy atom. The molecule has 3 aromatic rings. The van der Waals surface area contributed by atoms with E-state index in [9.17, 15) is 24.0 Å². The van der Waals surface area contributed by atoms with Crippen molar-refractivity contribution in [2.24, 2.45) is 5.92 Å². The Balaban J connectivity index is 1.90. The van der Waals surface area contributed by atoms with Crippen LogP contribution in [0.1, 0.15) is 50.8 Å². The lowest BCUT2D eigenvalue weighted by Crippen LogP contribution is -2.57. The summed E-state index contributed by atoms with van der Waals surface area (Å²) in [6.45, 7) is 18.9. The molecule has 0 fully saturated rings. The third-order valence-corrected chi connectivity index (χ3v) is 10.7. The lowest BCUT2D eigenvalue weighted by molar-refractivity contribution is -0.148. The quantitative estimate of drug-likeness (QED) is 0.131. The van der Waals surface area contributed by atoms with Gasteiger partial charge in [0.1, 0.15) is 23.4 Å². The molecule has 4 atom stereocenters. The van der Waals surface area contributed by atoms with Crippen LogP contribution in [0.15, 0.2) is 84.9 Å². The lowest BCUT2D eigenvalue weighted by Gasteiger charge is -2.35. The predicted octanol–water partition coefficient (Wildman–Crippen LogP) is 7.45. The van der Waals surface area contributed by atoms with E-state index in [1.807, 2.05) is 105 Å². The summed E-state index contributed by atoms with van der Waals surface area (Å²) in [6.07, 6.45) is -0.325. The molecule has 0 heterocycles. The molecule has 1 N–H and O–H groups in total. The molecule has 0 unspecified atom stereocenters. The summed E-state index contributed by atoms with van der Waals surface area (Å²) in [4.78, 5) is 72.2. The maximum Gasteiger partial charge on any atom is 0.408 e. The van der Waals surface area contributed by atoms with Crippen molar-refractivity contribution in [3.05, 3.63) is 102 Å². The Hall–Kier alpha value is -4.76. The van der Waals surface area contributed by atoms with Crippen molar-refractivity contribution in [3.8, 4) is 5.75 Å². The number of benzene rings is 3. The van der Waals surface area contributed by atoms with Crippen molar-refractivity contribution in [2.45, 2.75) is 116 Å². The van der Waals surface area contributed by atoms with Gasteiger partial charge in [-0.05, 0) is 102 Å². The van der Waals surface area contributed by atoms with E-state index < -0.39 is 70.2 Å². The normalized spacial score (nSPS) is 14.0. The van der Waals surface area contributed by atoms with E-state index in [1.54, 1.807) is 27.7 Å². The van der Waals surface area contributed by atoms with Gasteiger partial charge in [-0.2, -0.15) is 0 Å². The van der Waals surface area contributed by atoms with Gasteiger partial charge in [0.25, 0.3) is 5.97 Å². The molecule has 3 aromatic carbocycles. The van der Waals surface area contributed by atoms with Crippen LogP contribution in [0.25, 0.3) is 0 Å². The molecule has 0 saturated carbocycles. The van der Waals surface area contributed by atoms with Crippen LogP contribution in [0.5, 0.6) is 5.75 Å². The second-order valence-electron chi connectivity index (χ2n) is 17.6. The van der Waals surface area contributed by atoms with Gasteiger partial charge in [0, 0.05) is 33.4 Å². The first-order valence-corrected chi connectivity index (χ1v) is 26.4. The highest BCUT2D eigenvalue weighted by atomic mass is 28.4. The van der Waals surface area contributed by atoms with Gasteiger partial charge in [-0.15, -0.1) is 0 Å². The standard InChI is InChI=1S/C44H63N3O8Si2/c1-31(39(48)30-35(42(51)55-57(10,11)12)27-34-23-25-36(26-24-34)54-56(7,8)9)46(5)41(50)38(29-33-21-17-14-18-22-33)47(6)40(49)37(28-32-19-15-13-16-20-32)45-43(52)53-44(2,3)4/h13-26,31,35,37-38H,27-30H2,1-12H3,(H,45,52)/t31-,35+,37-,38-/m0/s1. The number of ether oxygens (including phenoxy) is 1. The number of carbonyl (C=O) groups excluding carboxylic acids is 5. The molecule has 0 spiro atoms. The van der Waals surface area contributed by atoms with Crippen molar-refractivity contribution in [2.75, 3.05) is 14.1 Å². The molecular weight excluding hydrogens is 755 g/mol. The topological polar surface area (TPSA) is 132 Å². The first-order valence-electron chi connectivity index (χ1n) is 19.6. The Bertz CT molecular complexity index is 1800. The van der Waals surface area contributed by atoms with E-state index in [0.29, 0.717) is 0 Å². The number of alkyl carbamates (subject to hydrolysis) is 1. The minimum Gasteiger partial charge on any atom is -0.544 e. The van der Waals surface area contributed by atoms with Gasteiger partial charge in [0.15, 0.2) is 5.78 Å². The Morgan fingerprint density at radius 1 is 0.667 bits per heavy atom. The van der Waals surface area contributed by atoms with Gasteiger partial charge in [-0.1, -0.05) is 72.8 Å². The van der Waals surface area contributed by atoms with Crippen molar-refractivity contribution in [1.82, 2.24) is 15.1 Å². The van der Waals surface area contributed by atoms with Gasteiger partial charge in [-0.3, -0.25) is 19.2 Å². The zero-order valence-corrected chi connectivity index (χ0v) is 37.9. The minimum atomic E-state index is -2.30. The molecule has 11 nitrogen and oxygen atoms in total. The minimum absolute atomic E-state index is 0.146. The first kappa shape index (κ1) is 46.6. The first-order chi connectivity index (χ1) is 26.4. The number of carbonyl (C=O) groups is 5. The molecule has 0 bridgehead atoms. The average Bonchev–Trinajstić information content (AvgIpc) is 3.11. The highest BCUT2D eigenvalue weighted by molar-refractivity contribution is 6.71.